The molecule has 1 heterocycles. The van der Waals surface area contributed by atoms with Crippen LogP contribution in [-0.4, -0.2) is 12.2 Å². The van der Waals surface area contributed by atoms with Crippen LogP contribution in [0.25, 0.3) is 0 Å². The van der Waals surface area contributed by atoms with Crippen LogP contribution in [0.4, 0.5) is 0 Å². The van der Waals surface area contributed by atoms with E-state index in [1.54, 1.807) is 0 Å². The maximum atomic E-state index is 8.06. The molecule has 38 valence electrons. The zero-order chi connectivity index (χ0) is 5.28. The first-order valence-corrected chi connectivity index (χ1v) is 2.37. The van der Waals surface area contributed by atoms with Gasteiger partial charge in [0.15, 0.2) is 0 Å². The lowest BCUT2D eigenvalue weighted by atomic mass is 10.3. The normalized spacial score (nSPS) is 37.1. The van der Waals surface area contributed by atoms with Crippen LogP contribution in [0, 0.1) is 11.3 Å². The van der Waals surface area contributed by atoms with E-state index in [0.29, 0.717) is 12.5 Å². The summed E-state index contributed by atoms with van der Waals surface area (Å²) in [6.45, 7) is 1.97. The van der Waals surface area contributed by atoms with Gasteiger partial charge >= 0.3 is 0 Å². The number of hydrogen-bond acceptors (Lipinski definition) is 2. The molecule has 1 saturated heterocycles. The highest BCUT2D eigenvalue weighted by molar-refractivity contribution is 4.88. The van der Waals surface area contributed by atoms with Crippen molar-refractivity contribution in [2.45, 2.75) is 25.6 Å². The summed E-state index contributed by atoms with van der Waals surface area (Å²) < 4.78 is 4.93. The minimum atomic E-state index is 0.255. The van der Waals surface area contributed by atoms with Gasteiger partial charge in [-0.2, -0.15) is 5.26 Å². The maximum absolute atomic E-state index is 8.06. The van der Waals surface area contributed by atoms with Crippen molar-refractivity contribution >= 4 is 0 Å². The van der Waals surface area contributed by atoms with E-state index in [9.17, 15) is 0 Å². The summed E-state index contributed by atoms with van der Waals surface area (Å²) in [7, 11) is 0. The Hall–Kier alpha value is -0.550. The molecule has 2 heteroatoms. The zero-order valence-electron chi connectivity index (χ0n) is 4.22. The third kappa shape index (κ3) is 0.908. The molecule has 0 aromatic carbocycles. The lowest BCUT2D eigenvalue weighted by Gasteiger charge is -1.70. The number of nitrogens with zero attached hydrogens (tertiary/aromatic N) is 1. The van der Waals surface area contributed by atoms with E-state index in [0.717, 1.165) is 0 Å². The van der Waals surface area contributed by atoms with Crippen LogP contribution < -0.4 is 0 Å². The summed E-state index contributed by atoms with van der Waals surface area (Å²) >= 11 is 0. The monoisotopic (exact) mass is 97.1 g/mol. The number of hydrogen-bond donors (Lipinski definition) is 0. The number of rotatable bonds is 1. The molecule has 1 rings (SSSR count). The highest BCUT2D eigenvalue weighted by atomic mass is 16.6. The molecular formula is C5H7NO. The van der Waals surface area contributed by atoms with Crippen molar-refractivity contribution in [2.24, 2.45) is 0 Å². The molecule has 0 aromatic rings. The SMILES string of the molecule is C[C@@H]1O[C@H]1CC#N. The van der Waals surface area contributed by atoms with Crippen molar-refractivity contribution in [3.8, 4) is 6.07 Å². The predicted molar refractivity (Wildman–Crippen MR) is 24.6 cm³/mol. The Bertz CT molecular complexity index is 105. The summed E-state index contributed by atoms with van der Waals surface area (Å²) in [6.07, 6.45) is 1.16. The Kier molecular flexibility index (Phi) is 0.994. The molecule has 0 saturated carbocycles. The largest absolute Gasteiger partial charge is 0.369 e. The van der Waals surface area contributed by atoms with Gasteiger partial charge in [0.2, 0.25) is 0 Å². The van der Waals surface area contributed by atoms with Gasteiger partial charge in [-0.3, -0.25) is 0 Å². The van der Waals surface area contributed by atoms with E-state index in [-0.39, 0.29) is 6.10 Å². The van der Waals surface area contributed by atoms with Crippen molar-refractivity contribution in [1.29, 1.82) is 5.26 Å². The average molecular weight is 97.1 g/mol. The van der Waals surface area contributed by atoms with Gasteiger partial charge in [-0.25, -0.2) is 0 Å². The predicted octanol–water partition coefficient (Wildman–Crippen LogP) is 0.687. The first-order valence-electron chi connectivity index (χ1n) is 2.37. The molecule has 0 amide bonds. The second kappa shape index (κ2) is 1.51. The number of epoxide rings is 1. The fourth-order valence-corrected chi connectivity index (χ4v) is 0.534. The average Bonchev–Trinajstić information content (AvgIpc) is 2.22. The Balaban J connectivity index is 2.12. The quantitative estimate of drug-likeness (QED) is 0.451. The smallest absolute Gasteiger partial charge is 0.0968 e. The van der Waals surface area contributed by atoms with Gasteiger partial charge in [0.05, 0.1) is 24.7 Å². The van der Waals surface area contributed by atoms with Crippen LogP contribution in [0.2, 0.25) is 0 Å². The molecule has 1 aliphatic heterocycles. The first-order chi connectivity index (χ1) is 3.34. The zero-order valence-corrected chi connectivity index (χ0v) is 4.22. The van der Waals surface area contributed by atoms with Crippen LogP contribution in [0.5, 0.6) is 0 Å². The minimum Gasteiger partial charge on any atom is -0.369 e. The summed E-state index contributed by atoms with van der Waals surface area (Å²) in [5, 5.41) is 8.06. The number of ether oxygens (including phenoxy) is 1. The van der Waals surface area contributed by atoms with Gasteiger partial charge in [0.25, 0.3) is 0 Å². The highest BCUT2D eigenvalue weighted by Crippen LogP contribution is 2.23. The molecule has 0 spiro atoms. The van der Waals surface area contributed by atoms with E-state index in [1.165, 1.54) is 0 Å². The molecular weight excluding hydrogens is 90.1 g/mol. The molecule has 1 fully saturated rings. The van der Waals surface area contributed by atoms with Gasteiger partial charge in [-0.05, 0) is 6.92 Å². The second-order valence-electron chi connectivity index (χ2n) is 1.74. The van der Waals surface area contributed by atoms with Crippen LogP contribution >= 0.6 is 0 Å². The van der Waals surface area contributed by atoms with Crippen molar-refractivity contribution in [1.82, 2.24) is 0 Å². The summed E-state index contributed by atoms with van der Waals surface area (Å²) in [4.78, 5) is 0. The summed E-state index contributed by atoms with van der Waals surface area (Å²) in [5.41, 5.74) is 0. The highest BCUT2D eigenvalue weighted by Gasteiger charge is 2.33. The van der Waals surface area contributed by atoms with Crippen molar-refractivity contribution in [2.75, 3.05) is 0 Å². The lowest BCUT2D eigenvalue weighted by Crippen LogP contribution is -1.83. The van der Waals surface area contributed by atoms with Gasteiger partial charge in [0.1, 0.15) is 0 Å². The standard InChI is InChI=1S/C5H7NO/c1-4-5(7-4)2-3-6/h4-5H,2H2,1H3/t4-,5-/m0/s1. The second-order valence-corrected chi connectivity index (χ2v) is 1.74. The molecule has 0 unspecified atom stereocenters. The van der Waals surface area contributed by atoms with Gasteiger partial charge in [-0.1, -0.05) is 0 Å². The van der Waals surface area contributed by atoms with E-state index in [4.69, 9.17) is 10.00 Å². The van der Waals surface area contributed by atoms with E-state index >= 15 is 0 Å². The first kappa shape index (κ1) is 4.61. The molecule has 0 radical (unpaired) electrons. The Morgan fingerprint density at radius 1 is 1.86 bits per heavy atom. The minimum absolute atomic E-state index is 0.255. The van der Waals surface area contributed by atoms with Crippen LogP contribution in [-0.2, 0) is 4.74 Å². The molecule has 1 aliphatic rings. The molecule has 7 heavy (non-hydrogen) atoms. The fraction of sp³-hybridized carbons (Fsp3) is 0.800. The van der Waals surface area contributed by atoms with E-state index in [1.807, 2.05) is 13.0 Å². The van der Waals surface area contributed by atoms with Gasteiger partial charge < -0.3 is 4.74 Å². The Labute approximate surface area is 42.7 Å². The third-order valence-electron chi connectivity index (χ3n) is 1.13. The van der Waals surface area contributed by atoms with Gasteiger partial charge in [0, 0.05) is 0 Å². The van der Waals surface area contributed by atoms with Crippen molar-refractivity contribution in [3.05, 3.63) is 0 Å². The Morgan fingerprint density at radius 3 is 2.57 bits per heavy atom. The van der Waals surface area contributed by atoms with Crippen LogP contribution in [0.1, 0.15) is 13.3 Å². The van der Waals surface area contributed by atoms with Crippen LogP contribution in [0.15, 0.2) is 0 Å². The summed E-state index contributed by atoms with van der Waals surface area (Å²) in [5.74, 6) is 0. The Morgan fingerprint density at radius 2 is 2.43 bits per heavy atom. The molecule has 2 nitrogen and oxygen atoms in total. The van der Waals surface area contributed by atoms with Crippen LogP contribution in [0.3, 0.4) is 0 Å². The van der Waals surface area contributed by atoms with Gasteiger partial charge in [-0.15, -0.1) is 0 Å². The lowest BCUT2D eigenvalue weighted by molar-refractivity contribution is 0.381. The van der Waals surface area contributed by atoms with Crippen molar-refractivity contribution < 1.29 is 4.74 Å². The molecule has 0 aliphatic carbocycles. The molecule has 0 aromatic heterocycles. The molecule has 0 bridgehead atoms. The molecule has 2 atom stereocenters. The number of nitriles is 1. The summed E-state index contributed by atoms with van der Waals surface area (Å²) in [6, 6.07) is 2.04. The third-order valence-corrected chi connectivity index (χ3v) is 1.13. The van der Waals surface area contributed by atoms with E-state index < -0.39 is 0 Å². The maximum Gasteiger partial charge on any atom is 0.0968 e. The van der Waals surface area contributed by atoms with Crippen molar-refractivity contribution in [3.63, 3.8) is 0 Å². The fourth-order valence-electron chi connectivity index (χ4n) is 0.534. The van der Waals surface area contributed by atoms with E-state index in [2.05, 4.69) is 0 Å². The molecule has 0 N–H and O–H groups in total. The topological polar surface area (TPSA) is 36.3 Å².